The molecule has 1 saturated heterocycles. The predicted molar refractivity (Wildman–Crippen MR) is 86.4 cm³/mol. The lowest BCUT2D eigenvalue weighted by Gasteiger charge is -2.28. The fraction of sp³-hybridized carbons (Fsp3) is 0.538. The first kappa shape index (κ1) is 19.2. The van der Waals surface area contributed by atoms with E-state index < -0.39 is 37.7 Å². The highest BCUT2D eigenvalue weighted by atomic mass is 32.2. The Morgan fingerprint density at radius 2 is 1.68 bits per heavy atom. The first-order chi connectivity index (χ1) is 11.5. The van der Waals surface area contributed by atoms with Crippen molar-refractivity contribution in [1.82, 2.24) is 8.77 Å². The maximum atomic E-state index is 12.7. The van der Waals surface area contributed by atoms with Crippen molar-refractivity contribution in [1.29, 1.82) is 0 Å². The lowest BCUT2D eigenvalue weighted by molar-refractivity contribution is -0.394. The summed E-state index contributed by atoms with van der Waals surface area (Å²) in [6, 6.07) is 2.29. The second kappa shape index (κ2) is 6.63. The van der Waals surface area contributed by atoms with Gasteiger partial charge in [0.15, 0.2) is 0 Å². The summed E-state index contributed by atoms with van der Waals surface area (Å²) in [6.07, 6.45) is -1.19. The van der Waals surface area contributed by atoms with Crippen LogP contribution in [0.25, 0.3) is 0 Å². The van der Waals surface area contributed by atoms with Gasteiger partial charge in [-0.2, -0.15) is 12.7 Å². The summed E-state index contributed by atoms with van der Waals surface area (Å²) in [5.74, 6) is 0. The zero-order valence-electron chi connectivity index (χ0n) is 14.0. The number of benzene rings is 1. The van der Waals surface area contributed by atoms with Crippen molar-refractivity contribution in [2.75, 3.05) is 0 Å². The minimum atomic E-state index is -4.00. The largest absolute Gasteiger partial charge is 0.307 e. The van der Waals surface area contributed by atoms with E-state index in [9.17, 15) is 28.6 Å². The third-order valence-corrected chi connectivity index (χ3v) is 5.66. The van der Waals surface area contributed by atoms with Crippen LogP contribution in [0.15, 0.2) is 18.2 Å². The summed E-state index contributed by atoms with van der Waals surface area (Å²) < 4.78 is 27.2. The van der Waals surface area contributed by atoms with Crippen LogP contribution in [0.1, 0.15) is 39.5 Å². The van der Waals surface area contributed by atoms with Crippen molar-refractivity contribution in [2.24, 2.45) is 0 Å². The Kier molecular flexibility index (Phi) is 5.09. The van der Waals surface area contributed by atoms with Gasteiger partial charge < -0.3 is 0 Å². The summed E-state index contributed by atoms with van der Waals surface area (Å²) in [5, 5.41) is 22.0. The second-order valence-corrected chi connectivity index (χ2v) is 7.67. The van der Waals surface area contributed by atoms with Crippen molar-refractivity contribution in [2.45, 2.75) is 46.0 Å². The SMILES string of the molecule is CC(C)N(C(C)C)S(=O)(=O)N1OC1c1ccc([N+](=O)[O-])cc1[N+](=O)[O-]. The molecule has 1 fully saturated rings. The minimum absolute atomic E-state index is 0.0633. The number of nitrogens with zero attached hydrogens (tertiary/aromatic N) is 4. The van der Waals surface area contributed by atoms with Crippen LogP contribution >= 0.6 is 0 Å². The van der Waals surface area contributed by atoms with Crippen LogP contribution in [0.4, 0.5) is 11.4 Å². The third kappa shape index (κ3) is 3.61. The lowest BCUT2D eigenvalue weighted by atomic mass is 10.1. The molecule has 0 amide bonds. The third-order valence-electron chi connectivity index (χ3n) is 3.55. The fourth-order valence-electron chi connectivity index (χ4n) is 2.65. The molecule has 0 saturated carbocycles. The first-order valence-corrected chi connectivity index (χ1v) is 8.80. The molecule has 25 heavy (non-hydrogen) atoms. The Bertz CT molecular complexity index is 801. The van der Waals surface area contributed by atoms with Gasteiger partial charge in [0.1, 0.15) is 0 Å². The molecule has 0 aromatic heterocycles. The Labute approximate surface area is 144 Å². The monoisotopic (exact) mass is 374 g/mol. The van der Waals surface area contributed by atoms with E-state index in [0.717, 1.165) is 18.2 Å². The molecule has 1 aromatic rings. The molecule has 1 aromatic carbocycles. The summed E-state index contributed by atoms with van der Waals surface area (Å²) >= 11 is 0. The van der Waals surface area contributed by atoms with Crippen molar-refractivity contribution in [3.63, 3.8) is 0 Å². The Morgan fingerprint density at radius 3 is 2.12 bits per heavy atom. The number of hydrogen-bond acceptors (Lipinski definition) is 7. The highest BCUT2D eigenvalue weighted by molar-refractivity contribution is 7.86. The van der Waals surface area contributed by atoms with Crippen molar-refractivity contribution in [3.8, 4) is 0 Å². The standard InChI is InChI=1S/C13H18N4O7S/c1-8(2)14(9(3)4)25(22,23)17-13(24-17)11-6-5-10(15(18)19)7-12(11)16(20)21/h5-9,13H,1-4H3. The molecule has 0 radical (unpaired) electrons. The van der Waals surface area contributed by atoms with Gasteiger partial charge in [0.05, 0.1) is 21.5 Å². The minimum Gasteiger partial charge on any atom is -0.258 e. The van der Waals surface area contributed by atoms with E-state index in [4.69, 9.17) is 4.84 Å². The number of hydroxylamine groups is 1. The summed E-state index contributed by atoms with van der Waals surface area (Å²) in [6.45, 7) is 6.80. The number of non-ortho nitro benzene ring substituents is 1. The van der Waals surface area contributed by atoms with E-state index in [2.05, 4.69) is 0 Å². The van der Waals surface area contributed by atoms with E-state index in [1.807, 2.05) is 0 Å². The highest BCUT2D eigenvalue weighted by Gasteiger charge is 2.54. The molecule has 2 unspecified atom stereocenters. The molecule has 0 N–H and O–H groups in total. The van der Waals surface area contributed by atoms with Gasteiger partial charge in [0, 0.05) is 18.2 Å². The van der Waals surface area contributed by atoms with Gasteiger partial charge in [-0.15, -0.1) is 0 Å². The van der Waals surface area contributed by atoms with Gasteiger partial charge >= 0.3 is 10.2 Å². The average Bonchev–Trinajstić information content (AvgIpc) is 3.26. The molecule has 1 heterocycles. The quantitative estimate of drug-likeness (QED) is 0.404. The molecular formula is C13H18N4O7S. The molecule has 2 atom stereocenters. The Balaban J connectivity index is 2.38. The van der Waals surface area contributed by atoms with Gasteiger partial charge in [-0.05, 0) is 38.2 Å². The maximum Gasteiger partial charge on any atom is 0.307 e. The Morgan fingerprint density at radius 1 is 1.12 bits per heavy atom. The van der Waals surface area contributed by atoms with Crippen LogP contribution in [0, 0.1) is 20.2 Å². The van der Waals surface area contributed by atoms with Gasteiger partial charge in [0.25, 0.3) is 11.4 Å². The number of nitro groups is 2. The van der Waals surface area contributed by atoms with Gasteiger partial charge in [0.2, 0.25) is 6.23 Å². The smallest absolute Gasteiger partial charge is 0.258 e. The second-order valence-electron chi connectivity index (χ2n) is 6.00. The molecule has 1 aliphatic heterocycles. The zero-order chi connectivity index (χ0) is 19.1. The molecule has 0 bridgehead atoms. The summed E-state index contributed by atoms with van der Waals surface area (Å²) in [4.78, 5) is 25.5. The normalized spacial score (nSPS) is 20.3. The van der Waals surface area contributed by atoms with Crippen LogP contribution in [-0.4, -0.2) is 39.1 Å². The lowest BCUT2D eigenvalue weighted by Crippen LogP contribution is -2.44. The molecule has 11 nitrogen and oxygen atoms in total. The topological polar surface area (TPSA) is 139 Å². The molecule has 12 heteroatoms. The van der Waals surface area contributed by atoms with Crippen LogP contribution < -0.4 is 0 Å². The molecule has 0 spiro atoms. The van der Waals surface area contributed by atoms with Crippen molar-refractivity contribution < 1.29 is 23.1 Å². The molecule has 1 aliphatic rings. The fourth-order valence-corrected chi connectivity index (χ4v) is 4.45. The van der Waals surface area contributed by atoms with Crippen molar-refractivity contribution in [3.05, 3.63) is 44.0 Å². The van der Waals surface area contributed by atoms with Crippen molar-refractivity contribution >= 4 is 21.6 Å². The van der Waals surface area contributed by atoms with Crippen LogP contribution in [0.5, 0.6) is 0 Å². The summed E-state index contributed by atoms with van der Waals surface area (Å²) in [5.41, 5.74) is -1.10. The number of rotatable bonds is 7. The van der Waals surface area contributed by atoms with Crippen LogP contribution in [-0.2, 0) is 15.0 Å². The number of hydrogen-bond donors (Lipinski definition) is 0. The molecular weight excluding hydrogens is 356 g/mol. The predicted octanol–water partition coefficient (Wildman–Crippen LogP) is 2.11. The zero-order valence-corrected chi connectivity index (χ0v) is 14.8. The number of nitro benzene ring substituents is 2. The van der Waals surface area contributed by atoms with Gasteiger partial charge in [-0.1, -0.05) is 0 Å². The van der Waals surface area contributed by atoms with Crippen LogP contribution in [0.3, 0.4) is 0 Å². The maximum absolute atomic E-state index is 12.7. The first-order valence-electron chi connectivity index (χ1n) is 7.40. The highest BCUT2D eigenvalue weighted by Crippen LogP contribution is 2.45. The van der Waals surface area contributed by atoms with Gasteiger partial charge in [-0.3, -0.25) is 25.1 Å². The van der Waals surface area contributed by atoms with E-state index in [0.29, 0.717) is 4.47 Å². The summed E-state index contributed by atoms with van der Waals surface area (Å²) in [7, 11) is -4.00. The van der Waals surface area contributed by atoms with E-state index >= 15 is 0 Å². The average molecular weight is 374 g/mol. The van der Waals surface area contributed by atoms with E-state index in [-0.39, 0.29) is 17.6 Å². The molecule has 138 valence electrons. The molecule has 2 rings (SSSR count). The molecule has 0 aliphatic carbocycles. The van der Waals surface area contributed by atoms with Crippen LogP contribution in [0.2, 0.25) is 0 Å². The Hall–Kier alpha value is -2.15. The van der Waals surface area contributed by atoms with E-state index in [1.165, 1.54) is 4.31 Å². The van der Waals surface area contributed by atoms with E-state index in [1.54, 1.807) is 27.7 Å². The van der Waals surface area contributed by atoms with Gasteiger partial charge in [-0.25, -0.2) is 0 Å².